The molecule has 0 radical (unpaired) electrons. The second-order valence-corrected chi connectivity index (χ2v) is 9.32. The Morgan fingerprint density at radius 2 is 1.49 bits per heavy atom. The van der Waals surface area contributed by atoms with E-state index in [2.05, 4.69) is 69.1 Å². The van der Waals surface area contributed by atoms with E-state index in [1.807, 2.05) is 54.7 Å². The fourth-order valence-electron chi connectivity index (χ4n) is 5.18. The normalized spacial score (nSPS) is 11.3. The van der Waals surface area contributed by atoms with Crippen LogP contribution in [0.2, 0.25) is 0 Å². The van der Waals surface area contributed by atoms with Crippen LogP contribution in [0.15, 0.2) is 121 Å². The van der Waals surface area contributed by atoms with Gasteiger partial charge in [-0.05, 0) is 53.6 Å². The molecule has 0 saturated heterocycles. The number of nitrogens with zero attached hydrogens (tertiary/aromatic N) is 3. The Morgan fingerprint density at radius 3 is 2.36 bits per heavy atom. The highest BCUT2D eigenvalue weighted by molar-refractivity contribution is 5.99. The average Bonchev–Trinajstić information content (AvgIpc) is 3.63. The molecule has 0 aliphatic carbocycles. The van der Waals surface area contributed by atoms with E-state index >= 15 is 0 Å². The fraction of sp³-hybridized carbons (Fsp3) is 0. The number of benzene rings is 4. The van der Waals surface area contributed by atoms with Gasteiger partial charge in [0.25, 0.3) is 0 Å². The van der Waals surface area contributed by atoms with Gasteiger partial charge in [0.2, 0.25) is 0 Å². The number of rotatable bonds is 5. The van der Waals surface area contributed by atoms with Gasteiger partial charge in [0.15, 0.2) is 0 Å². The van der Waals surface area contributed by atoms with E-state index in [1.54, 1.807) is 6.07 Å². The first-order chi connectivity index (χ1) is 19.2. The molecular formula is C33H22N4O2. The minimum atomic E-state index is -1.06. The SMILES string of the molecule is O=C(O)c1cccc(-c2cccc3c2nc(-c2cccc4cc[nH]c24)n3-c2cccc(-c3ccccc3)c2)n1. The van der Waals surface area contributed by atoms with Crippen molar-refractivity contribution >= 4 is 27.9 Å². The number of nitrogens with one attached hydrogen (secondary N) is 1. The zero-order valence-corrected chi connectivity index (χ0v) is 20.7. The first-order valence-corrected chi connectivity index (χ1v) is 12.6. The summed E-state index contributed by atoms with van der Waals surface area (Å²) in [7, 11) is 0. The summed E-state index contributed by atoms with van der Waals surface area (Å²) in [6, 6.07) is 37.9. The van der Waals surface area contributed by atoms with Gasteiger partial charge in [0.05, 0.1) is 22.2 Å². The van der Waals surface area contributed by atoms with Crippen molar-refractivity contribution in [2.24, 2.45) is 0 Å². The van der Waals surface area contributed by atoms with E-state index in [9.17, 15) is 9.90 Å². The van der Waals surface area contributed by atoms with Gasteiger partial charge in [-0.3, -0.25) is 4.57 Å². The summed E-state index contributed by atoms with van der Waals surface area (Å²) in [5.74, 6) is -0.281. The van der Waals surface area contributed by atoms with E-state index in [-0.39, 0.29) is 5.69 Å². The Bertz CT molecular complexity index is 2000. The van der Waals surface area contributed by atoms with E-state index < -0.39 is 5.97 Å². The smallest absolute Gasteiger partial charge is 0.354 e. The standard InChI is InChI=1S/C33H22N4O2/c38-33(39)28-16-7-15-27(35-28)25-13-6-17-29-31(25)36-32(26-14-5-10-22-18-19-34-30(22)26)37(29)24-12-4-11-23(20-24)21-8-2-1-3-9-21/h1-20,34H,(H,38,39). The Labute approximate surface area is 223 Å². The van der Waals surface area contributed by atoms with Crippen molar-refractivity contribution in [1.82, 2.24) is 19.5 Å². The van der Waals surface area contributed by atoms with Crippen molar-refractivity contribution in [3.8, 4) is 39.5 Å². The largest absolute Gasteiger partial charge is 0.477 e. The second-order valence-electron chi connectivity index (χ2n) is 9.32. The van der Waals surface area contributed by atoms with Gasteiger partial charge in [-0.1, -0.05) is 72.8 Å². The molecule has 2 N–H and O–H groups in total. The molecule has 0 fully saturated rings. The Hall–Kier alpha value is -5.49. The lowest BCUT2D eigenvalue weighted by Gasteiger charge is -2.12. The summed E-state index contributed by atoms with van der Waals surface area (Å²) in [5, 5.41) is 10.6. The van der Waals surface area contributed by atoms with E-state index in [4.69, 9.17) is 4.98 Å². The van der Waals surface area contributed by atoms with Gasteiger partial charge in [-0.25, -0.2) is 14.8 Å². The van der Waals surface area contributed by atoms with E-state index in [1.165, 1.54) is 6.07 Å². The molecule has 39 heavy (non-hydrogen) atoms. The van der Waals surface area contributed by atoms with E-state index in [0.29, 0.717) is 5.69 Å². The van der Waals surface area contributed by atoms with Crippen molar-refractivity contribution < 1.29 is 9.90 Å². The number of pyridine rings is 1. The molecule has 4 aromatic carbocycles. The molecule has 0 amide bonds. The number of aromatic carboxylic acids is 1. The molecule has 7 rings (SSSR count). The van der Waals surface area contributed by atoms with Gasteiger partial charge in [-0.2, -0.15) is 0 Å². The predicted octanol–water partition coefficient (Wildman–Crippen LogP) is 7.60. The minimum Gasteiger partial charge on any atom is -0.477 e. The van der Waals surface area contributed by atoms with Gasteiger partial charge in [-0.15, -0.1) is 0 Å². The van der Waals surface area contributed by atoms with Crippen LogP contribution in [0.3, 0.4) is 0 Å². The maximum absolute atomic E-state index is 11.6. The number of carboxylic acids is 1. The van der Waals surface area contributed by atoms with Crippen LogP contribution < -0.4 is 0 Å². The van der Waals surface area contributed by atoms with Crippen LogP contribution >= 0.6 is 0 Å². The molecule has 0 atom stereocenters. The van der Waals surface area contributed by atoms with Crippen LogP contribution in [0.1, 0.15) is 10.5 Å². The molecule has 0 saturated carbocycles. The molecule has 0 bridgehead atoms. The number of carbonyl (C=O) groups is 1. The summed E-state index contributed by atoms with van der Waals surface area (Å²) >= 11 is 0. The number of para-hydroxylation sites is 2. The molecular weight excluding hydrogens is 484 g/mol. The number of fused-ring (bicyclic) bond motifs is 2. The predicted molar refractivity (Wildman–Crippen MR) is 154 cm³/mol. The highest BCUT2D eigenvalue weighted by Gasteiger charge is 2.20. The zero-order chi connectivity index (χ0) is 26.3. The summed E-state index contributed by atoms with van der Waals surface area (Å²) < 4.78 is 2.17. The Morgan fingerprint density at radius 1 is 0.718 bits per heavy atom. The number of hydrogen-bond acceptors (Lipinski definition) is 3. The summed E-state index contributed by atoms with van der Waals surface area (Å²) in [6.07, 6.45) is 1.93. The van der Waals surface area contributed by atoms with Crippen LogP contribution in [-0.2, 0) is 0 Å². The molecule has 0 aliphatic rings. The summed E-state index contributed by atoms with van der Waals surface area (Å²) in [5.41, 5.74) is 8.16. The number of carboxylic acid groups (broad SMARTS) is 1. The Kier molecular flexibility index (Phi) is 5.30. The van der Waals surface area contributed by atoms with Crippen LogP contribution in [0.5, 0.6) is 0 Å². The molecule has 0 unspecified atom stereocenters. The number of hydrogen-bond donors (Lipinski definition) is 2. The lowest BCUT2D eigenvalue weighted by molar-refractivity contribution is 0.0690. The molecule has 0 aliphatic heterocycles. The molecule has 7 aromatic rings. The number of aromatic nitrogens is 4. The number of H-pyrrole nitrogens is 1. The van der Waals surface area contributed by atoms with Gasteiger partial charge < -0.3 is 10.1 Å². The summed E-state index contributed by atoms with van der Waals surface area (Å²) in [4.78, 5) is 24.6. The maximum Gasteiger partial charge on any atom is 0.354 e. The monoisotopic (exact) mass is 506 g/mol. The first-order valence-electron chi connectivity index (χ1n) is 12.6. The van der Waals surface area contributed by atoms with Gasteiger partial charge in [0.1, 0.15) is 11.5 Å². The van der Waals surface area contributed by atoms with Crippen molar-refractivity contribution in [3.05, 3.63) is 127 Å². The third kappa shape index (κ3) is 3.86. The van der Waals surface area contributed by atoms with Gasteiger partial charge in [0, 0.05) is 28.4 Å². The molecule has 186 valence electrons. The molecule has 6 heteroatoms. The highest BCUT2D eigenvalue weighted by atomic mass is 16.4. The number of aromatic amines is 1. The quantitative estimate of drug-likeness (QED) is 0.252. The van der Waals surface area contributed by atoms with Crippen molar-refractivity contribution in [2.45, 2.75) is 0 Å². The van der Waals surface area contributed by atoms with Gasteiger partial charge >= 0.3 is 5.97 Å². The van der Waals surface area contributed by atoms with Crippen molar-refractivity contribution in [2.75, 3.05) is 0 Å². The third-order valence-electron chi connectivity index (χ3n) is 6.97. The highest BCUT2D eigenvalue weighted by Crippen LogP contribution is 2.37. The topological polar surface area (TPSA) is 83.8 Å². The maximum atomic E-state index is 11.6. The van der Waals surface area contributed by atoms with Crippen LogP contribution in [-0.4, -0.2) is 30.6 Å². The Balaban J connectivity index is 1.53. The van der Waals surface area contributed by atoms with Crippen molar-refractivity contribution in [3.63, 3.8) is 0 Å². The third-order valence-corrected chi connectivity index (χ3v) is 6.97. The lowest BCUT2D eigenvalue weighted by Crippen LogP contribution is -2.00. The first kappa shape index (κ1) is 22.7. The molecule has 3 aromatic heterocycles. The molecule has 3 heterocycles. The summed E-state index contributed by atoms with van der Waals surface area (Å²) in [6.45, 7) is 0. The lowest BCUT2D eigenvalue weighted by atomic mass is 10.0. The fourth-order valence-corrected chi connectivity index (χ4v) is 5.18. The van der Waals surface area contributed by atoms with E-state index in [0.717, 1.165) is 55.7 Å². The molecule has 6 nitrogen and oxygen atoms in total. The van der Waals surface area contributed by atoms with Crippen LogP contribution in [0.4, 0.5) is 0 Å². The average molecular weight is 507 g/mol. The van der Waals surface area contributed by atoms with Crippen molar-refractivity contribution in [1.29, 1.82) is 0 Å². The van der Waals surface area contributed by atoms with Crippen LogP contribution in [0.25, 0.3) is 61.4 Å². The van der Waals surface area contributed by atoms with Crippen LogP contribution in [0, 0.1) is 0 Å². The number of imidazole rings is 1. The minimum absolute atomic E-state index is 0.00382. The molecule has 0 spiro atoms. The second kappa shape index (κ2) is 9.11. The zero-order valence-electron chi connectivity index (χ0n) is 20.7.